The van der Waals surface area contributed by atoms with Crippen molar-refractivity contribution in [1.29, 1.82) is 0 Å². The maximum Gasteiger partial charge on any atom is 0.305 e. The summed E-state index contributed by atoms with van der Waals surface area (Å²) in [4.78, 5) is 12.9. The average Bonchev–Trinajstić information content (AvgIpc) is 2.52. The molecule has 0 amide bonds. The van der Waals surface area contributed by atoms with Gasteiger partial charge in [-0.1, -0.05) is 24.0 Å². The van der Waals surface area contributed by atoms with Gasteiger partial charge in [-0.15, -0.1) is 0 Å². The van der Waals surface area contributed by atoms with Crippen LogP contribution in [0.4, 0.5) is 0 Å². The molecule has 0 N–H and O–H groups in total. The van der Waals surface area contributed by atoms with E-state index < -0.39 is 0 Å². The molecule has 0 spiro atoms. The summed E-state index contributed by atoms with van der Waals surface area (Å²) in [5.41, 5.74) is 0. The Hall–Kier alpha value is -0.290. The predicted octanol–water partition coefficient (Wildman–Crippen LogP) is 1.27. The molecule has 1 saturated heterocycles. The first kappa shape index (κ1) is 10.8. The van der Waals surface area contributed by atoms with Crippen molar-refractivity contribution in [3.63, 3.8) is 0 Å². The molecule has 0 aliphatic carbocycles. The number of esters is 1. The van der Waals surface area contributed by atoms with E-state index in [0.29, 0.717) is 6.42 Å². The Labute approximate surface area is 87.8 Å². The van der Waals surface area contributed by atoms with E-state index in [4.69, 9.17) is 12.2 Å². The van der Waals surface area contributed by atoms with Gasteiger partial charge in [0.05, 0.1) is 7.11 Å². The van der Waals surface area contributed by atoms with Gasteiger partial charge in [-0.3, -0.25) is 4.79 Å². The van der Waals surface area contributed by atoms with Crippen molar-refractivity contribution < 1.29 is 9.53 Å². The van der Waals surface area contributed by atoms with Crippen molar-refractivity contribution in [3.8, 4) is 0 Å². The molecule has 0 unspecified atom stereocenters. The van der Waals surface area contributed by atoms with Crippen molar-refractivity contribution in [2.45, 2.75) is 12.8 Å². The van der Waals surface area contributed by atoms with Crippen LogP contribution in [0, 0.1) is 0 Å². The molecule has 0 bridgehead atoms. The highest BCUT2D eigenvalue weighted by atomic mass is 32.2. The van der Waals surface area contributed by atoms with Crippen LogP contribution < -0.4 is 0 Å². The highest BCUT2D eigenvalue weighted by Gasteiger charge is 2.16. The number of hydrogen-bond donors (Lipinski definition) is 0. The second kappa shape index (κ2) is 5.44. The second-order valence-electron chi connectivity index (χ2n) is 2.78. The van der Waals surface area contributed by atoms with Crippen LogP contribution in [-0.2, 0) is 9.53 Å². The number of thioether (sulfide) groups is 1. The molecule has 5 heteroatoms. The van der Waals surface area contributed by atoms with Gasteiger partial charge in [0.2, 0.25) is 0 Å². The van der Waals surface area contributed by atoms with Gasteiger partial charge in [-0.05, 0) is 6.42 Å². The third kappa shape index (κ3) is 3.52. The van der Waals surface area contributed by atoms with E-state index in [2.05, 4.69) is 9.64 Å². The fourth-order valence-electron chi connectivity index (χ4n) is 1.15. The van der Waals surface area contributed by atoms with Crippen LogP contribution in [0.3, 0.4) is 0 Å². The zero-order valence-corrected chi connectivity index (χ0v) is 9.25. The summed E-state index contributed by atoms with van der Waals surface area (Å²) in [6.45, 7) is 1.89. The molecule has 1 fully saturated rings. The molecular weight excluding hydrogens is 206 g/mol. The van der Waals surface area contributed by atoms with E-state index in [1.165, 1.54) is 7.11 Å². The minimum absolute atomic E-state index is 0.141. The summed E-state index contributed by atoms with van der Waals surface area (Å²) in [6, 6.07) is 0. The van der Waals surface area contributed by atoms with Crippen molar-refractivity contribution in [2.24, 2.45) is 0 Å². The number of methoxy groups -OCH3 is 1. The van der Waals surface area contributed by atoms with Crippen molar-refractivity contribution in [3.05, 3.63) is 0 Å². The van der Waals surface area contributed by atoms with E-state index in [9.17, 15) is 4.79 Å². The second-order valence-corrected chi connectivity index (χ2v) is 4.51. The lowest BCUT2D eigenvalue weighted by Gasteiger charge is -2.15. The zero-order valence-electron chi connectivity index (χ0n) is 7.62. The first-order chi connectivity index (χ1) is 6.24. The maximum atomic E-state index is 10.8. The highest BCUT2D eigenvalue weighted by molar-refractivity contribution is 8.23. The Balaban J connectivity index is 2.12. The smallest absolute Gasteiger partial charge is 0.305 e. The average molecular weight is 219 g/mol. The largest absolute Gasteiger partial charge is 0.469 e. The predicted molar refractivity (Wildman–Crippen MR) is 57.9 cm³/mol. The van der Waals surface area contributed by atoms with Crippen molar-refractivity contribution in [1.82, 2.24) is 4.90 Å². The lowest BCUT2D eigenvalue weighted by atomic mass is 10.3. The zero-order chi connectivity index (χ0) is 9.68. The molecule has 3 nitrogen and oxygen atoms in total. The number of nitrogens with zero attached hydrogens (tertiary/aromatic N) is 1. The van der Waals surface area contributed by atoms with Crippen LogP contribution >= 0.6 is 24.0 Å². The first-order valence-electron chi connectivity index (χ1n) is 4.22. The summed E-state index contributed by atoms with van der Waals surface area (Å²) >= 11 is 6.83. The van der Waals surface area contributed by atoms with E-state index in [1.54, 1.807) is 11.8 Å². The topological polar surface area (TPSA) is 29.5 Å². The molecule has 0 aromatic carbocycles. The molecular formula is C8H13NO2S2. The summed E-state index contributed by atoms with van der Waals surface area (Å²) in [7, 11) is 1.42. The molecule has 1 aliphatic rings. The minimum atomic E-state index is -0.141. The SMILES string of the molecule is COC(=O)CCCN1CCSC1=S. The van der Waals surface area contributed by atoms with Crippen LogP contribution in [0.5, 0.6) is 0 Å². The van der Waals surface area contributed by atoms with Crippen LogP contribution in [0.1, 0.15) is 12.8 Å². The number of ether oxygens (including phenoxy) is 1. The Bertz CT molecular complexity index is 208. The van der Waals surface area contributed by atoms with Crippen LogP contribution in [0.25, 0.3) is 0 Å². The Morgan fingerprint density at radius 3 is 3.08 bits per heavy atom. The molecule has 1 rings (SSSR count). The number of rotatable bonds is 4. The first-order valence-corrected chi connectivity index (χ1v) is 5.62. The van der Waals surface area contributed by atoms with Gasteiger partial charge in [0.15, 0.2) is 0 Å². The summed E-state index contributed by atoms with van der Waals surface area (Å²) in [5.74, 6) is 0.939. The van der Waals surface area contributed by atoms with E-state index >= 15 is 0 Å². The standard InChI is InChI=1S/C8H13NO2S2/c1-11-7(10)3-2-4-9-5-6-13-8(9)12/h2-6H2,1H3. The molecule has 13 heavy (non-hydrogen) atoms. The van der Waals surface area contributed by atoms with Gasteiger partial charge >= 0.3 is 5.97 Å². The van der Waals surface area contributed by atoms with E-state index in [1.807, 2.05) is 0 Å². The molecule has 0 aromatic heterocycles. The van der Waals surface area contributed by atoms with E-state index in [-0.39, 0.29) is 5.97 Å². The number of carbonyl (C=O) groups is 1. The van der Waals surface area contributed by atoms with Gasteiger partial charge in [0, 0.05) is 25.3 Å². The Morgan fingerprint density at radius 1 is 1.77 bits per heavy atom. The summed E-state index contributed by atoms with van der Waals surface area (Å²) in [6.07, 6.45) is 1.31. The number of hydrogen-bond acceptors (Lipinski definition) is 4. The number of carbonyl (C=O) groups excluding carboxylic acids is 1. The monoisotopic (exact) mass is 219 g/mol. The molecule has 0 atom stereocenters. The van der Waals surface area contributed by atoms with Crippen LogP contribution in [0.2, 0.25) is 0 Å². The highest BCUT2D eigenvalue weighted by Crippen LogP contribution is 2.17. The van der Waals surface area contributed by atoms with E-state index in [0.717, 1.165) is 29.6 Å². The summed E-state index contributed by atoms with van der Waals surface area (Å²) in [5, 5.41) is 0. The third-order valence-electron chi connectivity index (χ3n) is 1.88. The van der Waals surface area contributed by atoms with Gasteiger partial charge in [0.25, 0.3) is 0 Å². The van der Waals surface area contributed by atoms with Crippen LogP contribution in [-0.4, -0.2) is 41.1 Å². The summed E-state index contributed by atoms with van der Waals surface area (Å²) < 4.78 is 5.51. The molecule has 74 valence electrons. The quantitative estimate of drug-likeness (QED) is 0.525. The third-order valence-corrected chi connectivity index (χ3v) is 3.39. The van der Waals surface area contributed by atoms with Gasteiger partial charge < -0.3 is 9.64 Å². The Morgan fingerprint density at radius 2 is 2.54 bits per heavy atom. The Kier molecular flexibility index (Phi) is 4.52. The normalized spacial score (nSPS) is 16.4. The minimum Gasteiger partial charge on any atom is -0.469 e. The molecule has 0 radical (unpaired) electrons. The van der Waals surface area contributed by atoms with Gasteiger partial charge in [-0.25, -0.2) is 0 Å². The lowest BCUT2D eigenvalue weighted by molar-refractivity contribution is -0.140. The van der Waals surface area contributed by atoms with Gasteiger partial charge in [-0.2, -0.15) is 0 Å². The van der Waals surface area contributed by atoms with Gasteiger partial charge in [0.1, 0.15) is 4.32 Å². The lowest BCUT2D eigenvalue weighted by Crippen LogP contribution is -2.24. The fourth-order valence-corrected chi connectivity index (χ4v) is 2.43. The van der Waals surface area contributed by atoms with Crippen molar-refractivity contribution >= 4 is 34.3 Å². The molecule has 1 heterocycles. The molecule has 1 aliphatic heterocycles. The maximum absolute atomic E-state index is 10.8. The molecule has 0 saturated carbocycles. The fraction of sp³-hybridized carbons (Fsp3) is 0.750. The van der Waals surface area contributed by atoms with Crippen LogP contribution in [0.15, 0.2) is 0 Å². The number of thiocarbonyl (C=S) groups is 1. The van der Waals surface area contributed by atoms with Crippen molar-refractivity contribution in [2.75, 3.05) is 26.0 Å². The molecule has 0 aromatic rings.